The fourth-order valence-electron chi connectivity index (χ4n) is 2.83. The van der Waals surface area contributed by atoms with Crippen LogP contribution in [-0.2, 0) is 0 Å². The van der Waals surface area contributed by atoms with E-state index in [9.17, 15) is 4.79 Å². The zero-order valence-corrected chi connectivity index (χ0v) is 13.7. The van der Waals surface area contributed by atoms with Crippen molar-refractivity contribution in [2.45, 2.75) is 0 Å². The van der Waals surface area contributed by atoms with Crippen LogP contribution in [0.2, 0.25) is 0 Å². The number of nitrogens with one attached hydrogen (secondary N) is 1. The number of H-pyrrole nitrogens is 1. The van der Waals surface area contributed by atoms with Gasteiger partial charge >= 0.3 is 0 Å². The van der Waals surface area contributed by atoms with Gasteiger partial charge in [0, 0.05) is 44.4 Å². The summed E-state index contributed by atoms with van der Waals surface area (Å²) < 4.78 is 5.16. The van der Waals surface area contributed by atoms with Gasteiger partial charge in [-0.05, 0) is 24.3 Å². The first kappa shape index (κ1) is 16.5. The predicted molar refractivity (Wildman–Crippen MR) is 92.6 cm³/mol. The summed E-state index contributed by atoms with van der Waals surface area (Å²) in [5.41, 5.74) is 1.36. The minimum Gasteiger partial charge on any atom is -0.497 e. The molecule has 24 heavy (non-hydrogen) atoms. The van der Waals surface area contributed by atoms with E-state index in [2.05, 4.69) is 19.8 Å². The van der Waals surface area contributed by atoms with E-state index in [1.54, 1.807) is 7.11 Å². The number of aliphatic hydroxyl groups excluding tert-OH is 1. The maximum absolute atomic E-state index is 12.0. The molecule has 1 aliphatic rings. The summed E-state index contributed by atoms with van der Waals surface area (Å²) in [7, 11) is 1.62. The second-order valence-corrected chi connectivity index (χ2v) is 5.74. The van der Waals surface area contributed by atoms with Crippen LogP contribution in [0.5, 0.6) is 5.75 Å². The Balaban J connectivity index is 1.80. The van der Waals surface area contributed by atoms with Gasteiger partial charge in [-0.1, -0.05) is 0 Å². The maximum Gasteiger partial charge on any atom is 0.252 e. The average molecular weight is 330 g/mol. The van der Waals surface area contributed by atoms with Gasteiger partial charge in [0.25, 0.3) is 5.56 Å². The number of ether oxygens (including phenoxy) is 1. The van der Waals surface area contributed by atoms with Crippen molar-refractivity contribution in [3.05, 3.63) is 40.7 Å². The van der Waals surface area contributed by atoms with Crippen LogP contribution in [0.3, 0.4) is 0 Å². The summed E-state index contributed by atoms with van der Waals surface area (Å²) in [6.45, 7) is 4.09. The molecule has 2 heterocycles. The molecule has 128 valence electrons. The Hall–Kier alpha value is -2.38. The van der Waals surface area contributed by atoms with Gasteiger partial charge in [0.1, 0.15) is 5.75 Å². The first-order valence-corrected chi connectivity index (χ1v) is 8.03. The number of piperazine rings is 1. The van der Waals surface area contributed by atoms with Crippen molar-refractivity contribution in [3.63, 3.8) is 0 Å². The molecule has 0 bridgehead atoms. The molecule has 0 radical (unpaired) electrons. The van der Waals surface area contributed by atoms with Crippen LogP contribution in [0.4, 0.5) is 5.95 Å². The Morgan fingerprint density at radius 2 is 1.92 bits per heavy atom. The van der Waals surface area contributed by atoms with Crippen molar-refractivity contribution in [1.82, 2.24) is 14.9 Å². The number of aromatic amines is 1. The SMILES string of the molecule is COc1ccc(-c2cc(=O)[nH]c(N3CCN(CCO)CC3)n2)cc1. The third kappa shape index (κ3) is 3.74. The number of anilines is 1. The van der Waals surface area contributed by atoms with Crippen LogP contribution < -0.4 is 15.2 Å². The van der Waals surface area contributed by atoms with Crippen LogP contribution in [0.15, 0.2) is 35.1 Å². The van der Waals surface area contributed by atoms with Gasteiger partial charge < -0.3 is 14.7 Å². The molecule has 1 aliphatic heterocycles. The number of nitrogens with zero attached hydrogens (tertiary/aromatic N) is 3. The van der Waals surface area contributed by atoms with E-state index in [-0.39, 0.29) is 12.2 Å². The highest BCUT2D eigenvalue weighted by Gasteiger charge is 2.19. The van der Waals surface area contributed by atoms with E-state index < -0.39 is 0 Å². The van der Waals surface area contributed by atoms with Gasteiger partial charge in [-0.15, -0.1) is 0 Å². The molecule has 0 spiro atoms. The van der Waals surface area contributed by atoms with E-state index in [4.69, 9.17) is 9.84 Å². The molecule has 7 nitrogen and oxygen atoms in total. The van der Waals surface area contributed by atoms with Crippen LogP contribution in [0.1, 0.15) is 0 Å². The van der Waals surface area contributed by atoms with Crippen LogP contribution in [0.25, 0.3) is 11.3 Å². The standard InChI is InChI=1S/C17H22N4O3/c1-24-14-4-2-13(3-5-14)15-12-16(23)19-17(18-15)21-8-6-20(7-9-21)10-11-22/h2-5,12,22H,6-11H2,1H3,(H,18,19,23). The second-order valence-electron chi connectivity index (χ2n) is 5.74. The lowest BCUT2D eigenvalue weighted by molar-refractivity contribution is 0.188. The van der Waals surface area contributed by atoms with Crippen molar-refractivity contribution in [3.8, 4) is 17.0 Å². The number of aliphatic hydroxyl groups is 1. The van der Waals surface area contributed by atoms with E-state index in [0.717, 1.165) is 37.5 Å². The van der Waals surface area contributed by atoms with E-state index >= 15 is 0 Å². The summed E-state index contributed by atoms with van der Waals surface area (Å²) in [5, 5.41) is 9.01. The summed E-state index contributed by atoms with van der Waals surface area (Å²) in [4.78, 5) is 23.7. The molecule has 1 aromatic carbocycles. The normalized spacial score (nSPS) is 15.5. The van der Waals surface area contributed by atoms with Crippen molar-refractivity contribution in [2.75, 3.05) is 51.3 Å². The maximum atomic E-state index is 12.0. The minimum atomic E-state index is -0.163. The molecule has 0 atom stereocenters. The third-order valence-corrected chi connectivity index (χ3v) is 4.20. The topological polar surface area (TPSA) is 81.7 Å². The van der Waals surface area contributed by atoms with Crippen molar-refractivity contribution >= 4 is 5.95 Å². The Morgan fingerprint density at radius 1 is 1.21 bits per heavy atom. The Labute approximate surface area is 140 Å². The van der Waals surface area contributed by atoms with Crippen molar-refractivity contribution in [1.29, 1.82) is 0 Å². The van der Waals surface area contributed by atoms with Gasteiger partial charge in [-0.25, -0.2) is 4.98 Å². The lowest BCUT2D eigenvalue weighted by Gasteiger charge is -2.34. The number of hydrogen-bond acceptors (Lipinski definition) is 6. The molecule has 0 unspecified atom stereocenters. The largest absolute Gasteiger partial charge is 0.497 e. The van der Waals surface area contributed by atoms with E-state index in [1.807, 2.05) is 24.3 Å². The fraction of sp³-hybridized carbons (Fsp3) is 0.412. The van der Waals surface area contributed by atoms with Gasteiger partial charge in [-0.3, -0.25) is 14.7 Å². The summed E-state index contributed by atoms with van der Waals surface area (Å²) in [6, 6.07) is 9.00. The van der Waals surface area contributed by atoms with Gasteiger partial charge in [0.2, 0.25) is 5.95 Å². The number of β-amino-alcohol motifs (C(OH)–C–C–N with tert-alkyl or cyclic N) is 1. The first-order valence-electron chi connectivity index (χ1n) is 8.03. The molecule has 1 aromatic heterocycles. The molecular formula is C17H22N4O3. The minimum absolute atomic E-state index is 0.163. The van der Waals surface area contributed by atoms with E-state index in [0.29, 0.717) is 18.2 Å². The smallest absolute Gasteiger partial charge is 0.252 e. The zero-order valence-electron chi connectivity index (χ0n) is 13.7. The molecular weight excluding hydrogens is 308 g/mol. The lowest BCUT2D eigenvalue weighted by atomic mass is 10.1. The molecule has 0 saturated carbocycles. The highest BCUT2D eigenvalue weighted by atomic mass is 16.5. The molecule has 3 rings (SSSR count). The molecule has 2 aromatic rings. The Morgan fingerprint density at radius 3 is 2.54 bits per heavy atom. The summed E-state index contributed by atoms with van der Waals surface area (Å²) >= 11 is 0. The van der Waals surface area contributed by atoms with E-state index in [1.165, 1.54) is 6.07 Å². The first-order chi connectivity index (χ1) is 11.7. The van der Waals surface area contributed by atoms with Crippen molar-refractivity contribution < 1.29 is 9.84 Å². The highest BCUT2D eigenvalue weighted by molar-refractivity contribution is 5.61. The van der Waals surface area contributed by atoms with Gasteiger partial charge in [-0.2, -0.15) is 0 Å². The van der Waals surface area contributed by atoms with Gasteiger partial charge in [0.15, 0.2) is 0 Å². The van der Waals surface area contributed by atoms with Crippen LogP contribution in [-0.4, -0.2) is 66.4 Å². The third-order valence-electron chi connectivity index (χ3n) is 4.20. The van der Waals surface area contributed by atoms with Crippen LogP contribution in [0, 0.1) is 0 Å². The summed E-state index contributed by atoms with van der Waals surface area (Å²) in [6.07, 6.45) is 0. The number of benzene rings is 1. The second kappa shape index (κ2) is 7.46. The molecule has 7 heteroatoms. The van der Waals surface area contributed by atoms with Gasteiger partial charge in [0.05, 0.1) is 19.4 Å². The molecule has 2 N–H and O–H groups in total. The number of methoxy groups -OCH3 is 1. The molecule has 1 fully saturated rings. The number of aromatic nitrogens is 2. The predicted octanol–water partition coefficient (Wildman–Crippen LogP) is 0.560. The average Bonchev–Trinajstić information content (AvgIpc) is 2.62. The van der Waals surface area contributed by atoms with Crippen LogP contribution >= 0.6 is 0 Å². The summed E-state index contributed by atoms with van der Waals surface area (Å²) in [5.74, 6) is 1.36. The highest BCUT2D eigenvalue weighted by Crippen LogP contribution is 2.21. The fourth-order valence-corrected chi connectivity index (χ4v) is 2.83. The molecule has 1 saturated heterocycles. The lowest BCUT2D eigenvalue weighted by Crippen LogP contribution is -2.48. The quantitative estimate of drug-likeness (QED) is 0.834. The Bertz CT molecular complexity index is 721. The molecule has 0 aliphatic carbocycles. The van der Waals surface area contributed by atoms with Crippen molar-refractivity contribution in [2.24, 2.45) is 0 Å². The monoisotopic (exact) mass is 330 g/mol. The number of hydrogen-bond donors (Lipinski definition) is 2. The molecule has 0 amide bonds. The number of rotatable bonds is 5. The Kier molecular flexibility index (Phi) is 5.12. The zero-order chi connectivity index (χ0) is 16.9.